The van der Waals surface area contributed by atoms with Crippen LogP contribution in [-0.4, -0.2) is 62.6 Å². The number of likely N-dealkylation sites (tertiary alicyclic amines) is 2. The van der Waals surface area contributed by atoms with Gasteiger partial charge in [-0.3, -0.25) is 9.59 Å². The topological polar surface area (TPSA) is 71.3 Å². The molecule has 1 unspecified atom stereocenters. The van der Waals surface area contributed by atoms with Gasteiger partial charge in [0.05, 0.1) is 6.42 Å². The molecular weight excluding hydrogens is 386 g/mol. The molecular formula is C21H27N5O2S. The minimum absolute atomic E-state index is 0.00887. The highest BCUT2D eigenvalue weighted by molar-refractivity contribution is 7.10. The van der Waals surface area contributed by atoms with Gasteiger partial charge in [0.1, 0.15) is 12.2 Å². The first-order chi connectivity index (χ1) is 14.1. The summed E-state index contributed by atoms with van der Waals surface area (Å²) in [4.78, 5) is 30.7. The molecule has 2 amide bonds. The summed E-state index contributed by atoms with van der Waals surface area (Å²) in [7, 11) is 1.98. The summed E-state index contributed by atoms with van der Waals surface area (Å²) in [5.41, 5.74) is -0.00887. The third-order valence-electron chi connectivity index (χ3n) is 6.96. The maximum atomic E-state index is 12.8. The summed E-state index contributed by atoms with van der Waals surface area (Å²) in [6.07, 6.45) is 6.12. The highest BCUT2D eigenvalue weighted by atomic mass is 32.1. The lowest BCUT2D eigenvalue weighted by Gasteiger charge is -2.42. The molecule has 29 heavy (non-hydrogen) atoms. The van der Waals surface area contributed by atoms with Crippen LogP contribution in [0.5, 0.6) is 0 Å². The number of aromatic nitrogens is 3. The Kier molecular flexibility index (Phi) is 4.69. The fourth-order valence-electron chi connectivity index (χ4n) is 5.07. The zero-order valence-electron chi connectivity index (χ0n) is 16.8. The third kappa shape index (κ3) is 3.47. The van der Waals surface area contributed by atoms with Crippen molar-refractivity contribution in [2.45, 2.75) is 38.0 Å². The first kappa shape index (κ1) is 18.8. The smallest absolute Gasteiger partial charge is 0.227 e. The minimum atomic E-state index is -0.00887. The quantitative estimate of drug-likeness (QED) is 0.769. The van der Waals surface area contributed by atoms with Gasteiger partial charge in [0.2, 0.25) is 11.8 Å². The Bertz CT molecular complexity index is 896. The van der Waals surface area contributed by atoms with E-state index in [1.807, 2.05) is 34.0 Å². The van der Waals surface area contributed by atoms with Gasteiger partial charge >= 0.3 is 0 Å². The molecule has 7 nitrogen and oxygen atoms in total. The number of amides is 2. The van der Waals surface area contributed by atoms with Gasteiger partial charge in [-0.1, -0.05) is 6.07 Å². The Labute approximate surface area is 174 Å². The van der Waals surface area contributed by atoms with Crippen LogP contribution in [-0.2, 0) is 23.1 Å². The number of thiophene rings is 1. The van der Waals surface area contributed by atoms with Gasteiger partial charge in [-0.15, -0.1) is 21.5 Å². The number of carbonyl (C=O) groups excluding carboxylic acids is 2. The molecule has 4 heterocycles. The van der Waals surface area contributed by atoms with Crippen LogP contribution in [0.3, 0.4) is 0 Å². The van der Waals surface area contributed by atoms with E-state index in [1.165, 1.54) is 0 Å². The summed E-state index contributed by atoms with van der Waals surface area (Å²) in [6, 6.07) is 4.02. The van der Waals surface area contributed by atoms with Crippen LogP contribution < -0.4 is 0 Å². The van der Waals surface area contributed by atoms with Gasteiger partial charge < -0.3 is 14.4 Å². The average molecular weight is 414 g/mol. The lowest BCUT2D eigenvalue weighted by Crippen LogP contribution is -2.47. The molecule has 8 heteroatoms. The number of carbonyl (C=O) groups is 2. The van der Waals surface area contributed by atoms with Crippen LogP contribution in [0.2, 0.25) is 0 Å². The molecule has 1 atom stereocenters. The van der Waals surface area contributed by atoms with Crippen molar-refractivity contribution in [3.8, 4) is 0 Å². The average Bonchev–Trinajstić information content (AvgIpc) is 3.09. The maximum Gasteiger partial charge on any atom is 0.227 e. The predicted molar refractivity (Wildman–Crippen MR) is 109 cm³/mol. The predicted octanol–water partition coefficient (Wildman–Crippen LogP) is 2.06. The van der Waals surface area contributed by atoms with Gasteiger partial charge in [0, 0.05) is 55.4 Å². The van der Waals surface area contributed by atoms with Crippen LogP contribution in [0.1, 0.15) is 42.3 Å². The zero-order valence-corrected chi connectivity index (χ0v) is 17.6. The van der Waals surface area contributed by atoms with Crippen molar-refractivity contribution >= 4 is 23.2 Å². The Hall–Kier alpha value is -2.22. The number of piperidine rings is 1. The molecule has 2 saturated heterocycles. The fraction of sp³-hybridized carbons (Fsp3) is 0.619. The second kappa shape index (κ2) is 7.23. The van der Waals surface area contributed by atoms with Gasteiger partial charge in [0.25, 0.3) is 0 Å². The van der Waals surface area contributed by atoms with Crippen molar-refractivity contribution < 1.29 is 9.59 Å². The summed E-state index contributed by atoms with van der Waals surface area (Å²) in [5, 5.41) is 10.5. The first-order valence-corrected chi connectivity index (χ1v) is 11.4. The molecule has 2 aromatic rings. The van der Waals surface area contributed by atoms with E-state index in [0.29, 0.717) is 12.3 Å². The Morgan fingerprint density at radius 2 is 2.03 bits per heavy atom. The van der Waals surface area contributed by atoms with Crippen molar-refractivity contribution in [3.63, 3.8) is 0 Å². The van der Waals surface area contributed by atoms with Crippen molar-refractivity contribution in [1.82, 2.24) is 24.6 Å². The fourth-order valence-corrected chi connectivity index (χ4v) is 5.77. The van der Waals surface area contributed by atoms with Crippen LogP contribution in [0.15, 0.2) is 23.8 Å². The van der Waals surface area contributed by atoms with E-state index in [9.17, 15) is 9.59 Å². The Balaban J connectivity index is 1.32. The molecule has 0 radical (unpaired) electrons. The van der Waals surface area contributed by atoms with E-state index in [2.05, 4.69) is 15.1 Å². The Morgan fingerprint density at radius 1 is 1.24 bits per heavy atom. The zero-order chi connectivity index (χ0) is 20.0. The summed E-state index contributed by atoms with van der Waals surface area (Å²) >= 11 is 1.64. The largest absolute Gasteiger partial charge is 0.342 e. The number of aryl methyl sites for hydroxylation is 1. The van der Waals surface area contributed by atoms with Crippen LogP contribution in [0, 0.1) is 11.3 Å². The molecule has 2 aromatic heterocycles. The monoisotopic (exact) mass is 413 g/mol. The van der Waals surface area contributed by atoms with Crippen LogP contribution in [0.4, 0.5) is 0 Å². The highest BCUT2D eigenvalue weighted by Gasteiger charge is 2.53. The summed E-state index contributed by atoms with van der Waals surface area (Å²) in [6.45, 7) is 3.02. The Morgan fingerprint density at radius 3 is 2.66 bits per heavy atom. The number of nitrogens with zero attached hydrogens (tertiary/aromatic N) is 5. The van der Waals surface area contributed by atoms with E-state index in [4.69, 9.17) is 0 Å². The molecule has 1 spiro atoms. The molecule has 2 aliphatic heterocycles. The molecule has 1 aliphatic carbocycles. The van der Waals surface area contributed by atoms with E-state index in [0.717, 1.165) is 62.6 Å². The molecule has 3 aliphatic rings. The van der Waals surface area contributed by atoms with Crippen molar-refractivity contribution in [3.05, 3.63) is 34.5 Å². The second-order valence-electron chi connectivity index (χ2n) is 8.84. The van der Waals surface area contributed by atoms with E-state index < -0.39 is 0 Å². The second-order valence-corrected chi connectivity index (χ2v) is 9.88. The summed E-state index contributed by atoms with van der Waals surface area (Å²) in [5.74, 6) is 1.91. The van der Waals surface area contributed by atoms with Crippen molar-refractivity contribution in [1.29, 1.82) is 0 Å². The minimum Gasteiger partial charge on any atom is -0.342 e. The van der Waals surface area contributed by atoms with Gasteiger partial charge in [0.15, 0.2) is 0 Å². The number of hydrogen-bond acceptors (Lipinski definition) is 5. The standard InChI is InChI=1S/C21H27N5O2S/c1-24-14-22-23-19(24)17-12-26(20(28)15-4-5-15)13-21(17)6-8-25(9-7-21)18(27)11-16-3-2-10-29-16/h2-3,10,14-15,17H,4-9,11-13H2,1H3. The molecule has 1 saturated carbocycles. The van der Waals surface area contributed by atoms with E-state index in [1.54, 1.807) is 17.7 Å². The van der Waals surface area contributed by atoms with E-state index in [-0.39, 0.29) is 23.2 Å². The van der Waals surface area contributed by atoms with Crippen molar-refractivity contribution in [2.75, 3.05) is 26.2 Å². The third-order valence-corrected chi connectivity index (χ3v) is 7.84. The molecule has 3 fully saturated rings. The normalized spacial score (nSPS) is 23.7. The number of hydrogen-bond donors (Lipinski definition) is 0. The molecule has 0 aromatic carbocycles. The first-order valence-electron chi connectivity index (χ1n) is 10.5. The number of rotatable bonds is 4. The van der Waals surface area contributed by atoms with E-state index >= 15 is 0 Å². The molecule has 5 rings (SSSR count). The molecule has 0 N–H and O–H groups in total. The maximum absolute atomic E-state index is 12.8. The molecule has 154 valence electrons. The SMILES string of the molecule is Cn1cnnc1C1CN(C(=O)C2CC2)CC12CCN(C(=O)Cc1cccs1)CC2. The highest BCUT2D eigenvalue weighted by Crippen LogP contribution is 2.50. The van der Waals surface area contributed by atoms with Crippen molar-refractivity contribution in [2.24, 2.45) is 18.4 Å². The van der Waals surface area contributed by atoms with Crippen LogP contribution in [0.25, 0.3) is 0 Å². The van der Waals surface area contributed by atoms with Crippen LogP contribution >= 0.6 is 11.3 Å². The lowest BCUT2D eigenvalue weighted by molar-refractivity contribution is -0.134. The lowest BCUT2D eigenvalue weighted by atomic mass is 9.70. The van der Waals surface area contributed by atoms with Gasteiger partial charge in [-0.2, -0.15) is 0 Å². The summed E-state index contributed by atoms with van der Waals surface area (Å²) < 4.78 is 1.99. The van der Waals surface area contributed by atoms with Gasteiger partial charge in [-0.05, 0) is 37.1 Å². The molecule has 0 bridgehead atoms. The van der Waals surface area contributed by atoms with Gasteiger partial charge in [-0.25, -0.2) is 0 Å².